The van der Waals surface area contributed by atoms with Crippen molar-refractivity contribution in [2.24, 2.45) is 0 Å². The maximum atomic E-state index is 6.48. The van der Waals surface area contributed by atoms with Crippen molar-refractivity contribution in [3.05, 3.63) is 139 Å². The molecule has 216 valence electrons. The van der Waals surface area contributed by atoms with Crippen molar-refractivity contribution >= 4 is 84.9 Å². The van der Waals surface area contributed by atoms with Crippen LogP contribution in [-0.4, -0.2) is 4.57 Å². The molecule has 10 aromatic rings. The summed E-state index contributed by atoms with van der Waals surface area (Å²) in [6.45, 7) is 0. The molecule has 1 aliphatic carbocycles. The highest BCUT2D eigenvalue weighted by Crippen LogP contribution is 2.48. The quantitative estimate of drug-likeness (QED) is 0.187. The summed E-state index contributed by atoms with van der Waals surface area (Å²) >= 11 is 3.76. The Kier molecular flexibility index (Phi) is 5.01. The predicted molar refractivity (Wildman–Crippen MR) is 197 cm³/mol. The molecule has 1 aliphatic rings. The minimum atomic E-state index is 0.920. The van der Waals surface area contributed by atoms with E-state index in [1.54, 1.807) is 0 Å². The second kappa shape index (κ2) is 9.20. The van der Waals surface area contributed by atoms with Crippen LogP contribution >= 0.6 is 22.7 Å². The van der Waals surface area contributed by atoms with E-state index in [-0.39, 0.29) is 0 Å². The van der Waals surface area contributed by atoms with Gasteiger partial charge in [0.15, 0.2) is 0 Å². The van der Waals surface area contributed by atoms with Crippen LogP contribution in [0.4, 0.5) is 0 Å². The summed E-state index contributed by atoms with van der Waals surface area (Å²) in [6.07, 6.45) is 1.89. The summed E-state index contributed by atoms with van der Waals surface area (Å²) < 4.78 is 14.3. The van der Waals surface area contributed by atoms with Crippen molar-refractivity contribution in [2.75, 3.05) is 0 Å². The van der Waals surface area contributed by atoms with Crippen LogP contribution in [0.3, 0.4) is 0 Å². The average Bonchev–Trinajstić information content (AvgIpc) is 3.86. The number of hydrogen-bond donors (Lipinski definition) is 0. The summed E-state index contributed by atoms with van der Waals surface area (Å²) in [5.74, 6) is 1.10. The standard InChI is InChI=1S/C42H25NOS2/c1-4-11-32-26(8-1)28-18-19-35-41(29-10-2-5-13-34(29)44-35)42(28)43(32)33-12-7-15-39-40(33)31-23-25(17-21-38(31)46-39)24-16-20-37-30(22-24)27-9-3-6-14-36(27)45-37/h1-17,20-23H,18-19H2. The molecular weight excluding hydrogens is 599 g/mol. The van der Waals surface area contributed by atoms with Gasteiger partial charge < -0.3 is 8.98 Å². The molecule has 4 aromatic heterocycles. The Hall–Kier alpha value is -5.16. The number of furan rings is 1. The van der Waals surface area contributed by atoms with E-state index in [0.29, 0.717) is 0 Å². The third-order valence-corrected chi connectivity index (χ3v) is 12.2. The number of aromatic nitrogens is 1. The van der Waals surface area contributed by atoms with Crippen LogP contribution in [-0.2, 0) is 12.8 Å². The predicted octanol–water partition coefficient (Wildman–Crippen LogP) is 12.5. The van der Waals surface area contributed by atoms with Crippen molar-refractivity contribution in [1.29, 1.82) is 0 Å². The first-order chi connectivity index (χ1) is 22.8. The van der Waals surface area contributed by atoms with E-state index in [1.165, 1.54) is 90.3 Å². The molecule has 0 amide bonds. The highest BCUT2D eigenvalue weighted by Gasteiger charge is 2.30. The second-order valence-corrected chi connectivity index (χ2v) is 14.5. The zero-order valence-corrected chi connectivity index (χ0v) is 26.3. The van der Waals surface area contributed by atoms with Crippen LogP contribution in [0.25, 0.3) is 90.3 Å². The fraction of sp³-hybridized carbons (Fsp3) is 0.0476. The van der Waals surface area contributed by atoms with Gasteiger partial charge in [-0.2, -0.15) is 0 Å². The Morgan fingerprint density at radius 3 is 2.09 bits per heavy atom. The number of rotatable bonds is 2. The molecule has 4 heterocycles. The van der Waals surface area contributed by atoms with Gasteiger partial charge in [-0.1, -0.05) is 72.8 Å². The van der Waals surface area contributed by atoms with E-state index in [2.05, 4.69) is 132 Å². The smallest absolute Gasteiger partial charge is 0.134 e. The summed E-state index contributed by atoms with van der Waals surface area (Å²) in [5.41, 5.74) is 9.92. The Bertz CT molecular complexity index is 2880. The Morgan fingerprint density at radius 2 is 1.20 bits per heavy atom. The molecule has 0 unspecified atom stereocenters. The van der Waals surface area contributed by atoms with E-state index in [4.69, 9.17) is 4.42 Å². The van der Waals surface area contributed by atoms with Gasteiger partial charge in [0.25, 0.3) is 0 Å². The molecule has 0 saturated heterocycles. The number of para-hydroxylation sites is 2. The van der Waals surface area contributed by atoms with Crippen LogP contribution in [0.15, 0.2) is 132 Å². The van der Waals surface area contributed by atoms with Gasteiger partial charge in [-0.15, -0.1) is 22.7 Å². The van der Waals surface area contributed by atoms with Gasteiger partial charge >= 0.3 is 0 Å². The third kappa shape index (κ3) is 3.35. The van der Waals surface area contributed by atoms with Crippen molar-refractivity contribution in [3.8, 4) is 28.1 Å². The van der Waals surface area contributed by atoms with Crippen LogP contribution in [0.1, 0.15) is 11.3 Å². The first-order valence-corrected chi connectivity index (χ1v) is 17.4. The van der Waals surface area contributed by atoms with Crippen molar-refractivity contribution in [1.82, 2.24) is 4.57 Å². The minimum absolute atomic E-state index is 0.920. The molecule has 11 rings (SSSR count). The number of hydrogen-bond acceptors (Lipinski definition) is 3. The van der Waals surface area contributed by atoms with Crippen molar-refractivity contribution in [2.45, 2.75) is 12.8 Å². The summed E-state index contributed by atoms with van der Waals surface area (Å²) in [6, 6.07) is 47.0. The van der Waals surface area contributed by atoms with Gasteiger partial charge in [0.05, 0.1) is 16.9 Å². The third-order valence-electron chi connectivity index (χ3n) is 9.91. The summed E-state index contributed by atoms with van der Waals surface area (Å²) in [7, 11) is 0. The monoisotopic (exact) mass is 623 g/mol. The number of fused-ring (bicyclic) bond motifs is 13. The molecule has 0 saturated carbocycles. The Labute approximate surface area is 272 Å². The number of benzene rings is 6. The highest BCUT2D eigenvalue weighted by molar-refractivity contribution is 7.26. The molecule has 0 radical (unpaired) electrons. The molecule has 2 nitrogen and oxygen atoms in total. The highest BCUT2D eigenvalue weighted by atomic mass is 32.1. The number of aryl methyl sites for hydroxylation is 2. The van der Waals surface area contributed by atoms with Crippen LogP contribution in [0, 0.1) is 0 Å². The minimum Gasteiger partial charge on any atom is -0.460 e. The average molecular weight is 624 g/mol. The fourth-order valence-electron chi connectivity index (χ4n) is 7.92. The summed E-state index contributed by atoms with van der Waals surface area (Å²) in [5, 5.41) is 7.83. The first-order valence-electron chi connectivity index (χ1n) is 15.8. The first kappa shape index (κ1) is 25.1. The lowest BCUT2D eigenvalue weighted by Crippen LogP contribution is -2.05. The topological polar surface area (TPSA) is 18.1 Å². The summed E-state index contributed by atoms with van der Waals surface area (Å²) in [4.78, 5) is 0. The molecule has 4 heteroatoms. The lowest BCUT2D eigenvalue weighted by molar-refractivity contribution is 0.546. The fourth-order valence-corrected chi connectivity index (χ4v) is 10.1. The molecule has 0 N–H and O–H groups in total. The zero-order chi connectivity index (χ0) is 29.9. The molecule has 0 aliphatic heterocycles. The molecule has 6 aromatic carbocycles. The SMILES string of the molecule is c1ccc2c3c(oc2c1)CCc1c-3n(-c2cccc3sc4ccc(-c5ccc6sc7ccccc7c6c5)cc4c23)c2ccccc12. The van der Waals surface area contributed by atoms with Crippen LogP contribution in [0.5, 0.6) is 0 Å². The zero-order valence-electron chi connectivity index (χ0n) is 24.7. The molecule has 0 atom stereocenters. The van der Waals surface area contributed by atoms with Crippen molar-refractivity contribution in [3.63, 3.8) is 0 Å². The van der Waals surface area contributed by atoms with Gasteiger partial charge in [0, 0.05) is 63.1 Å². The van der Waals surface area contributed by atoms with Gasteiger partial charge in [-0.25, -0.2) is 0 Å². The van der Waals surface area contributed by atoms with Gasteiger partial charge in [0.2, 0.25) is 0 Å². The normalized spacial score (nSPS) is 13.0. The van der Waals surface area contributed by atoms with Crippen LogP contribution in [0.2, 0.25) is 0 Å². The lowest BCUT2D eigenvalue weighted by Gasteiger charge is -2.18. The molecular formula is C42H25NOS2. The van der Waals surface area contributed by atoms with E-state index in [9.17, 15) is 0 Å². The Balaban J connectivity index is 1.20. The van der Waals surface area contributed by atoms with E-state index in [1.807, 2.05) is 22.7 Å². The molecule has 0 fully saturated rings. The lowest BCUT2D eigenvalue weighted by atomic mass is 9.92. The largest absolute Gasteiger partial charge is 0.460 e. The molecule has 0 spiro atoms. The number of nitrogens with zero attached hydrogens (tertiary/aromatic N) is 1. The van der Waals surface area contributed by atoms with Gasteiger partial charge in [0.1, 0.15) is 11.3 Å². The second-order valence-electron chi connectivity index (χ2n) is 12.3. The van der Waals surface area contributed by atoms with Gasteiger partial charge in [-0.3, -0.25) is 0 Å². The van der Waals surface area contributed by atoms with Crippen molar-refractivity contribution < 1.29 is 4.42 Å². The molecule has 46 heavy (non-hydrogen) atoms. The van der Waals surface area contributed by atoms with E-state index < -0.39 is 0 Å². The Morgan fingerprint density at radius 1 is 0.522 bits per heavy atom. The van der Waals surface area contributed by atoms with Crippen LogP contribution < -0.4 is 0 Å². The maximum Gasteiger partial charge on any atom is 0.134 e. The molecule has 0 bridgehead atoms. The maximum absolute atomic E-state index is 6.48. The van der Waals surface area contributed by atoms with E-state index in [0.717, 1.165) is 24.2 Å². The van der Waals surface area contributed by atoms with Gasteiger partial charge in [-0.05, 0) is 77.7 Å². The van der Waals surface area contributed by atoms with E-state index >= 15 is 0 Å². The number of thiophene rings is 2.